The Morgan fingerprint density at radius 1 is 1.29 bits per heavy atom. The van der Waals surface area contributed by atoms with Crippen molar-refractivity contribution in [2.24, 2.45) is 0 Å². The smallest absolute Gasteiger partial charge is 0.407 e. The molecule has 1 aliphatic rings. The van der Waals surface area contributed by atoms with Crippen LogP contribution in [0.4, 0.5) is 4.79 Å². The lowest BCUT2D eigenvalue weighted by atomic mass is 10.1. The predicted octanol–water partition coefficient (Wildman–Crippen LogP) is 3.22. The molecule has 1 aromatic carbocycles. The number of piperidine rings is 1. The number of hydrogen-bond acceptors (Lipinski definition) is 5. The van der Waals surface area contributed by atoms with Crippen LogP contribution in [0, 0.1) is 6.92 Å². The highest BCUT2D eigenvalue weighted by molar-refractivity contribution is 7.89. The maximum absolute atomic E-state index is 13.4. The van der Waals surface area contributed by atoms with Gasteiger partial charge in [-0.25, -0.2) is 13.2 Å². The number of sulfonamides is 1. The summed E-state index contributed by atoms with van der Waals surface area (Å²) in [6.07, 6.45) is 4.20. The Morgan fingerprint density at radius 2 is 2.04 bits per heavy atom. The molecule has 0 radical (unpaired) electrons. The highest BCUT2D eigenvalue weighted by Gasteiger charge is 2.32. The molecule has 8 heteroatoms. The lowest BCUT2D eigenvalue weighted by Gasteiger charge is -2.33. The number of nitrogens with zero attached hydrogens (tertiary/aromatic N) is 2. The molecular weight excluding hydrogens is 378 g/mol. The molecule has 0 saturated carbocycles. The molecule has 1 fully saturated rings. The van der Waals surface area contributed by atoms with E-state index in [1.807, 2.05) is 13.0 Å². The maximum atomic E-state index is 13.4. The summed E-state index contributed by atoms with van der Waals surface area (Å²) in [4.78, 5) is 16.5. The summed E-state index contributed by atoms with van der Waals surface area (Å²) < 4.78 is 33.5. The van der Waals surface area contributed by atoms with Crippen LogP contribution < -0.4 is 5.32 Å². The van der Waals surface area contributed by atoms with Gasteiger partial charge in [-0.3, -0.25) is 4.98 Å². The number of carbonyl (C=O) groups is 1. The SMILES string of the molecule is Cc1cncc2cccc(S(=O)(=O)N3CCC[C@@H](NC(=O)OC(C)(C)C)C3)c12. The van der Waals surface area contributed by atoms with E-state index in [0.717, 1.165) is 10.9 Å². The van der Waals surface area contributed by atoms with Crippen LogP contribution >= 0.6 is 0 Å². The van der Waals surface area contributed by atoms with Gasteiger partial charge in [-0.15, -0.1) is 0 Å². The molecule has 2 heterocycles. The number of aromatic nitrogens is 1. The van der Waals surface area contributed by atoms with E-state index in [9.17, 15) is 13.2 Å². The van der Waals surface area contributed by atoms with E-state index in [1.54, 1.807) is 45.3 Å². The van der Waals surface area contributed by atoms with E-state index in [4.69, 9.17) is 4.74 Å². The van der Waals surface area contributed by atoms with Crippen LogP contribution in [0.5, 0.6) is 0 Å². The van der Waals surface area contributed by atoms with Gasteiger partial charge in [0.15, 0.2) is 0 Å². The minimum absolute atomic E-state index is 0.224. The number of rotatable bonds is 3. The van der Waals surface area contributed by atoms with E-state index in [1.165, 1.54) is 4.31 Å². The van der Waals surface area contributed by atoms with E-state index in [-0.39, 0.29) is 17.5 Å². The van der Waals surface area contributed by atoms with Crippen molar-refractivity contribution in [1.29, 1.82) is 0 Å². The van der Waals surface area contributed by atoms with Gasteiger partial charge < -0.3 is 10.1 Å². The first-order chi connectivity index (χ1) is 13.1. The quantitative estimate of drug-likeness (QED) is 0.847. The molecule has 0 unspecified atom stereocenters. The standard InChI is InChI=1S/C20H27N3O4S/c1-14-11-21-12-15-7-5-9-17(18(14)15)28(25,26)23-10-6-8-16(13-23)22-19(24)27-20(2,3)4/h5,7,9,11-12,16H,6,8,10,13H2,1-4H3,(H,22,24)/t16-/m1/s1. The third-order valence-corrected chi connectivity index (χ3v) is 6.56. The molecule has 1 aromatic heterocycles. The number of aryl methyl sites for hydroxylation is 1. The van der Waals surface area contributed by atoms with Crippen molar-refractivity contribution in [3.05, 3.63) is 36.2 Å². The lowest BCUT2D eigenvalue weighted by molar-refractivity contribution is 0.0487. The van der Waals surface area contributed by atoms with Gasteiger partial charge in [0.05, 0.1) is 4.90 Å². The number of nitrogens with one attached hydrogen (secondary N) is 1. The molecule has 1 aliphatic heterocycles. The third kappa shape index (κ3) is 4.44. The molecule has 0 aliphatic carbocycles. The van der Waals surface area contributed by atoms with Gasteiger partial charge in [0.2, 0.25) is 10.0 Å². The van der Waals surface area contributed by atoms with Crippen molar-refractivity contribution in [1.82, 2.24) is 14.6 Å². The van der Waals surface area contributed by atoms with Crippen molar-refractivity contribution in [2.45, 2.75) is 57.1 Å². The molecule has 2 aromatic rings. The lowest BCUT2D eigenvalue weighted by Crippen LogP contribution is -2.50. The summed E-state index contributed by atoms with van der Waals surface area (Å²) in [6.45, 7) is 7.89. The molecule has 0 spiro atoms. The van der Waals surface area contributed by atoms with Gasteiger partial charge in [-0.2, -0.15) is 4.31 Å². The van der Waals surface area contributed by atoms with Gasteiger partial charge in [0, 0.05) is 42.3 Å². The summed E-state index contributed by atoms with van der Waals surface area (Å²) in [6, 6.07) is 4.94. The van der Waals surface area contributed by atoms with Gasteiger partial charge in [0.1, 0.15) is 5.60 Å². The number of amides is 1. The average Bonchev–Trinajstić information content (AvgIpc) is 2.60. The second-order valence-corrected chi connectivity index (χ2v) is 10.1. The Morgan fingerprint density at radius 3 is 2.75 bits per heavy atom. The number of fused-ring (bicyclic) bond motifs is 1. The van der Waals surface area contributed by atoms with Crippen LogP contribution in [0.15, 0.2) is 35.5 Å². The molecule has 1 saturated heterocycles. The second-order valence-electron chi connectivity index (χ2n) is 8.16. The first kappa shape index (κ1) is 20.5. The number of benzene rings is 1. The summed E-state index contributed by atoms with van der Waals surface area (Å²) in [5.41, 5.74) is 0.219. The summed E-state index contributed by atoms with van der Waals surface area (Å²) >= 11 is 0. The summed E-state index contributed by atoms with van der Waals surface area (Å²) in [7, 11) is -3.70. The van der Waals surface area contributed by atoms with Crippen LogP contribution in [0.1, 0.15) is 39.2 Å². The Hall–Kier alpha value is -2.19. The molecule has 28 heavy (non-hydrogen) atoms. The molecule has 7 nitrogen and oxygen atoms in total. The fourth-order valence-electron chi connectivity index (χ4n) is 3.48. The predicted molar refractivity (Wildman–Crippen MR) is 108 cm³/mol. The van der Waals surface area contributed by atoms with Crippen molar-refractivity contribution in [3.8, 4) is 0 Å². The molecule has 1 atom stereocenters. The molecular formula is C20H27N3O4S. The largest absolute Gasteiger partial charge is 0.444 e. The normalized spacial score (nSPS) is 18.8. The van der Waals surface area contributed by atoms with Crippen LogP contribution in [-0.4, -0.2) is 48.5 Å². The number of alkyl carbamates (subject to hydrolysis) is 1. The zero-order valence-corrected chi connectivity index (χ0v) is 17.5. The fraction of sp³-hybridized carbons (Fsp3) is 0.500. The van der Waals surface area contributed by atoms with Crippen molar-refractivity contribution >= 4 is 26.9 Å². The first-order valence-corrected chi connectivity index (χ1v) is 10.8. The highest BCUT2D eigenvalue weighted by atomic mass is 32.2. The molecule has 0 bridgehead atoms. The van der Waals surface area contributed by atoms with Crippen LogP contribution in [0.3, 0.4) is 0 Å². The van der Waals surface area contributed by atoms with E-state index in [0.29, 0.717) is 24.8 Å². The first-order valence-electron chi connectivity index (χ1n) is 9.41. The van der Waals surface area contributed by atoms with Crippen molar-refractivity contribution in [3.63, 3.8) is 0 Å². The monoisotopic (exact) mass is 405 g/mol. The molecule has 3 rings (SSSR count). The number of hydrogen-bond donors (Lipinski definition) is 1. The minimum atomic E-state index is -3.70. The zero-order valence-electron chi connectivity index (χ0n) is 16.7. The van der Waals surface area contributed by atoms with Crippen LogP contribution in [0.25, 0.3) is 10.8 Å². The Kier molecular flexibility index (Phi) is 5.63. The maximum Gasteiger partial charge on any atom is 0.407 e. The van der Waals surface area contributed by atoms with Gasteiger partial charge >= 0.3 is 6.09 Å². The fourth-order valence-corrected chi connectivity index (χ4v) is 5.29. The number of ether oxygens (including phenoxy) is 1. The van der Waals surface area contributed by atoms with Gasteiger partial charge in [-0.1, -0.05) is 12.1 Å². The number of carbonyl (C=O) groups excluding carboxylic acids is 1. The van der Waals surface area contributed by atoms with Crippen molar-refractivity contribution in [2.75, 3.05) is 13.1 Å². The third-order valence-electron chi connectivity index (χ3n) is 4.66. The van der Waals surface area contributed by atoms with Crippen molar-refractivity contribution < 1.29 is 17.9 Å². The molecule has 152 valence electrons. The minimum Gasteiger partial charge on any atom is -0.444 e. The summed E-state index contributed by atoms with van der Waals surface area (Å²) in [5.74, 6) is 0. The van der Waals surface area contributed by atoms with E-state index in [2.05, 4.69) is 10.3 Å². The van der Waals surface area contributed by atoms with Crippen LogP contribution in [0.2, 0.25) is 0 Å². The van der Waals surface area contributed by atoms with Crippen LogP contribution in [-0.2, 0) is 14.8 Å². The molecule has 1 N–H and O–H groups in total. The average molecular weight is 406 g/mol. The van der Waals surface area contributed by atoms with E-state index >= 15 is 0 Å². The number of pyridine rings is 1. The van der Waals surface area contributed by atoms with E-state index < -0.39 is 21.7 Å². The Balaban J connectivity index is 1.84. The second kappa shape index (κ2) is 7.67. The Labute approximate surface area is 166 Å². The highest BCUT2D eigenvalue weighted by Crippen LogP contribution is 2.29. The zero-order chi connectivity index (χ0) is 20.5. The summed E-state index contributed by atoms with van der Waals surface area (Å²) in [5, 5.41) is 4.29. The van der Waals surface area contributed by atoms with Gasteiger partial charge in [-0.05, 0) is 52.2 Å². The van der Waals surface area contributed by atoms with Gasteiger partial charge in [0.25, 0.3) is 0 Å². The Bertz CT molecular complexity index is 977. The molecule has 1 amide bonds. The topological polar surface area (TPSA) is 88.6 Å².